The van der Waals surface area contributed by atoms with E-state index in [2.05, 4.69) is 5.32 Å². The van der Waals surface area contributed by atoms with Crippen LogP contribution in [0.4, 0.5) is 18.9 Å². The van der Waals surface area contributed by atoms with Gasteiger partial charge in [0.2, 0.25) is 5.91 Å². The minimum atomic E-state index is -4.87. The standard InChI is InChI=1S/C17H21ClF3N3O3/c1-16(27,17(19,20)21)10-15(26)24-8-6-23(7-9-24)11-14(25)22-13-5-3-2-4-12(13)18/h2-5,27H,6-11H2,1H3,(H,22,25)/p+1/t16-/m1/s1. The summed E-state index contributed by atoms with van der Waals surface area (Å²) in [6.45, 7) is 2.05. The molecule has 1 aromatic rings. The summed E-state index contributed by atoms with van der Waals surface area (Å²) in [5, 5.41) is 12.6. The SMILES string of the molecule is C[C@@](O)(CC(=O)N1CC[NH+](CC(=O)Nc2ccccc2Cl)CC1)C(F)(F)F. The number of hydrogen-bond donors (Lipinski definition) is 3. The van der Waals surface area contributed by atoms with Crippen molar-refractivity contribution in [1.29, 1.82) is 0 Å². The Balaban J connectivity index is 1.80. The number of rotatable bonds is 5. The van der Waals surface area contributed by atoms with Gasteiger partial charge >= 0.3 is 6.18 Å². The van der Waals surface area contributed by atoms with Crippen molar-refractivity contribution >= 4 is 29.1 Å². The van der Waals surface area contributed by atoms with Crippen molar-refractivity contribution in [2.75, 3.05) is 38.0 Å². The van der Waals surface area contributed by atoms with Crippen molar-refractivity contribution in [1.82, 2.24) is 4.90 Å². The van der Waals surface area contributed by atoms with Crippen molar-refractivity contribution in [2.24, 2.45) is 0 Å². The lowest BCUT2D eigenvalue weighted by atomic mass is 10.0. The first kappa shape index (κ1) is 21.5. The molecule has 0 bridgehead atoms. The van der Waals surface area contributed by atoms with Crippen LogP contribution >= 0.6 is 11.6 Å². The van der Waals surface area contributed by atoms with Crippen LogP contribution in [0, 0.1) is 0 Å². The molecule has 1 aromatic carbocycles. The highest BCUT2D eigenvalue weighted by molar-refractivity contribution is 6.33. The second kappa shape index (κ2) is 8.45. The van der Waals surface area contributed by atoms with Gasteiger partial charge in [0.1, 0.15) is 0 Å². The minimum absolute atomic E-state index is 0.160. The smallest absolute Gasteiger partial charge is 0.380 e. The number of anilines is 1. The number of carbonyl (C=O) groups excluding carboxylic acids is 2. The molecule has 0 saturated carbocycles. The summed E-state index contributed by atoms with van der Waals surface area (Å²) < 4.78 is 38.1. The second-order valence-corrected chi connectivity index (χ2v) is 7.19. The van der Waals surface area contributed by atoms with E-state index in [1.165, 1.54) is 4.90 Å². The fourth-order valence-electron chi connectivity index (χ4n) is 2.74. The molecule has 0 radical (unpaired) electrons. The number of piperazine rings is 1. The molecule has 10 heteroatoms. The van der Waals surface area contributed by atoms with Crippen molar-refractivity contribution in [2.45, 2.75) is 25.1 Å². The number of benzene rings is 1. The van der Waals surface area contributed by atoms with Gasteiger partial charge < -0.3 is 20.2 Å². The van der Waals surface area contributed by atoms with Crippen LogP contribution in [-0.4, -0.2) is 66.3 Å². The highest BCUT2D eigenvalue weighted by Crippen LogP contribution is 2.33. The van der Waals surface area contributed by atoms with Gasteiger partial charge in [0, 0.05) is 0 Å². The van der Waals surface area contributed by atoms with Gasteiger partial charge in [-0.2, -0.15) is 13.2 Å². The van der Waals surface area contributed by atoms with E-state index in [1.54, 1.807) is 24.3 Å². The van der Waals surface area contributed by atoms with E-state index in [-0.39, 0.29) is 25.5 Å². The molecule has 1 heterocycles. The van der Waals surface area contributed by atoms with Crippen LogP contribution in [-0.2, 0) is 9.59 Å². The Kier molecular flexibility index (Phi) is 6.72. The fraction of sp³-hybridized carbons (Fsp3) is 0.529. The van der Waals surface area contributed by atoms with Crippen molar-refractivity contribution in [3.8, 4) is 0 Å². The number of quaternary nitrogens is 1. The van der Waals surface area contributed by atoms with Gasteiger partial charge in [-0.05, 0) is 19.1 Å². The van der Waals surface area contributed by atoms with Gasteiger partial charge in [-0.1, -0.05) is 23.7 Å². The Bertz CT molecular complexity index is 689. The highest BCUT2D eigenvalue weighted by Gasteiger charge is 2.51. The van der Waals surface area contributed by atoms with E-state index >= 15 is 0 Å². The molecule has 1 saturated heterocycles. The number of halogens is 4. The monoisotopic (exact) mass is 408 g/mol. The Morgan fingerprint density at radius 2 is 1.85 bits per heavy atom. The number of alkyl halides is 3. The lowest BCUT2D eigenvalue weighted by molar-refractivity contribution is -0.895. The van der Waals surface area contributed by atoms with E-state index in [4.69, 9.17) is 11.6 Å². The van der Waals surface area contributed by atoms with Crippen LogP contribution in [0.3, 0.4) is 0 Å². The van der Waals surface area contributed by atoms with Gasteiger partial charge in [0.15, 0.2) is 12.1 Å². The van der Waals surface area contributed by atoms with Crippen LogP contribution in [0.1, 0.15) is 13.3 Å². The van der Waals surface area contributed by atoms with E-state index < -0.39 is 24.1 Å². The lowest BCUT2D eigenvalue weighted by Gasteiger charge is -2.34. The molecule has 3 N–H and O–H groups in total. The molecular weight excluding hydrogens is 387 g/mol. The topological polar surface area (TPSA) is 74.1 Å². The Labute approximate surface area is 159 Å². The first-order chi connectivity index (χ1) is 12.5. The molecule has 1 atom stereocenters. The largest absolute Gasteiger partial charge is 0.417 e. The molecule has 0 aromatic heterocycles. The Morgan fingerprint density at radius 1 is 1.26 bits per heavy atom. The molecule has 27 heavy (non-hydrogen) atoms. The lowest BCUT2D eigenvalue weighted by Crippen LogP contribution is -3.15. The molecule has 6 nitrogen and oxygen atoms in total. The zero-order chi connectivity index (χ0) is 20.2. The van der Waals surface area contributed by atoms with Crippen LogP contribution in [0.5, 0.6) is 0 Å². The van der Waals surface area contributed by atoms with Crippen molar-refractivity contribution < 1.29 is 32.8 Å². The van der Waals surface area contributed by atoms with Gasteiger partial charge in [0.25, 0.3) is 5.91 Å². The van der Waals surface area contributed by atoms with Crippen LogP contribution < -0.4 is 10.2 Å². The molecule has 1 aliphatic rings. The Morgan fingerprint density at radius 3 is 2.41 bits per heavy atom. The predicted molar refractivity (Wildman–Crippen MR) is 93.5 cm³/mol. The predicted octanol–water partition coefficient (Wildman–Crippen LogP) is 0.709. The zero-order valence-corrected chi connectivity index (χ0v) is 15.5. The van der Waals surface area contributed by atoms with E-state index in [9.17, 15) is 27.9 Å². The molecular formula is C17H22ClF3N3O3+. The van der Waals surface area contributed by atoms with Gasteiger partial charge in [0.05, 0.1) is 43.3 Å². The summed E-state index contributed by atoms with van der Waals surface area (Å²) in [5.74, 6) is -0.991. The normalized spacial score (nSPS) is 18.1. The number of para-hydroxylation sites is 1. The number of nitrogens with zero attached hydrogens (tertiary/aromatic N) is 1. The third-order valence-electron chi connectivity index (χ3n) is 4.49. The van der Waals surface area contributed by atoms with Crippen LogP contribution in [0.25, 0.3) is 0 Å². The molecule has 2 amide bonds. The first-order valence-electron chi connectivity index (χ1n) is 8.44. The summed E-state index contributed by atoms with van der Waals surface area (Å²) in [5.41, 5.74) is -2.55. The van der Waals surface area contributed by atoms with Gasteiger partial charge in [-0.15, -0.1) is 0 Å². The maximum absolute atomic E-state index is 12.7. The average Bonchev–Trinajstić information content (AvgIpc) is 2.56. The summed E-state index contributed by atoms with van der Waals surface area (Å²) in [6.07, 6.45) is -5.88. The van der Waals surface area contributed by atoms with E-state index in [1.807, 2.05) is 0 Å². The van der Waals surface area contributed by atoms with Gasteiger partial charge in [-0.3, -0.25) is 9.59 Å². The van der Waals surface area contributed by atoms with Gasteiger partial charge in [-0.25, -0.2) is 0 Å². The molecule has 0 aliphatic carbocycles. The van der Waals surface area contributed by atoms with E-state index in [0.717, 1.165) is 4.90 Å². The molecule has 150 valence electrons. The maximum Gasteiger partial charge on any atom is 0.417 e. The third-order valence-corrected chi connectivity index (χ3v) is 4.82. The molecule has 2 rings (SSSR count). The highest BCUT2D eigenvalue weighted by atomic mass is 35.5. The molecule has 1 aliphatic heterocycles. The van der Waals surface area contributed by atoms with Crippen LogP contribution in [0.2, 0.25) is 5.02 Å². The summed E-state index contributed by atoms with van der Waals surface area (Å²) in [7, 11) is 0. The summed E-state index contributed by atoms with van der Waals surface area (Å²) in [6, 6.07) is 6.83. The number of nitrogens with one attached hydrogen (secondary N) is 2. The molecule has 0 unspecified atom stereocenters. The number of amides is 2. The third kappa shape index (κ3) is 5.82. The molecule has 1 fully saturated rings. The number of hydrogen-bond acceptors (Lipinski definition) is 3. The van der Waals surface area contributed by atoms with Crippen LogP contribution in [0.15, 0.2) is 24.3 Å². The fourth-order valence-corrected chi connectivity index (χ4v) is 2.92. The zero-order valence-electron chi connectivity index (χ0n) is 14.8. The molecule has 0 spiro atoms. The quantitative estimate of drug-likeness (QED) is 0.672. The second-order valence-electron chi connectivity index (χ2n) is 6.78. The Hall–Kier alpha value is -1.84. The summed E-state index contributed by atoms with van der Waals surface area (Å²) >= 11 is 5.98. The van der Waals surface area contributed by atoms with Crippen molar-refractivity contribution in [3.05, 3.63) is 29.3 Å². The maximum atomic E-state index is 12.7. The number of carbonyl (C=O) groups is 2. The average molecular weight is 409 g/mol. The minimum Gasteiger partial charge on any atom is -0.380 e. The number of aliphatic hydroxyl groups is 1. The van der Waals surface area contributed by atoms with E-state index in [0.29, 0.717) is 30.7 Å². The first-order valence-corrected chi connectivity index (χ1v) is 8.82. The van der Waals surface area contributed by atoms with Crippen molar-refractivity contribution in [3.63, 3.8) is 0 Å². The summed E-state index contributed by atoms with van der Waals surface area (Å²) in [4.78, 5) is 26.3.